The molecule has 0 aliphatic carbocycles. The first-order chi connectivity index (χ1) is 8.72. The molecule has 2 N–H and O–H groups in total. The van der Waals surface area contributed by atoms with Crippen molar-refractivity contribution in [2.45, 2.75) is 30.2 Å². The molecule has 2 nitrogen and oxygen atoms in total. The Kier molecular flexibility index (Phi) is 3.64. The van der Waals surface area contributed by atoms with E-state index >= 15 is 0 Å². The molecule has 3 rings (SSSR count). The van der Waals surface area contributed by atoms with E-state index in [4.69, 9.17) is 5.73 Å². The third-order valence-corrected chi connectivity index (χ3v) is 5.30. The Morgan fingerprint density at radius 2 is 2.17 bits per heavy atom. The van der Waals surface area contributed by atoms with Crippen LogP contribution in [0.1, 0.15) is 24.8 Å². The standard InChI is InChI=1S/C15H22N2S/c1-11-6-13(16)9-17(7-11)8-12-10-18-15-5-3-2-4-14(12)15/h2-5,11-13H,6-10,16H2,1H3. The van der Waals surface area contributed by atoms with E-state index in [0.29, 0.717) is 12.0 Å². The molecular formula is C15H22N2S. The fourth-order valence-corrected chi connectivity index (χ4v) is 4.60. The lowest BCUT2D eigenvalue weighted by Gasteiger charge is -2.36. The Morgan fingerprint density at radius 3 is 3.00 bits per heavy atom. The molecule has 2 aliphatic rings. The Labute approximate surface area is 114 Å². The molecule has 0 spiro atoms. The molecule has 2 aliphatic heterocycles. The summed E-state index contributed by atoms with van der Waals surface area (Å²) in [6.07, 6.45) is 1.19. The van der Waals surface area contributed by atoms with Gasteiger partial charge >= 0.3 is 0 Å². The van der Waals surface area contributed by atoms with Crippen LogP contribution in [0, 0.1) is 5.92 Å². The van der Waals surface area contributed by atoms with Gasteiger partial charge in [-0.15, -0.1) is 11.8 Å². The predicted octanol–water partition coefficient (Wildman–Crippen LogP) is 2.55. The van der Waals surface area contributed by atoms with E-state index in [-0.39, 0.29) is 0 Å². The minimum absolute atomic E-state index is 0.373. The molecule has 0 amide bonds. The molecule has 98 valence electrons. The number of hydrogen-bond acceptors (Lipinski definition) is 3. The summed E-state index contributed by atoms with van der Waals surface area (Å²) in [5.74, 6) is 2.68. The topological polar surface area (TPSA) is 29.3 Å². The van der Waals surface area contributed by atoms with Crippen molar-refractivity contribution in [2.75, 3.05) is 25.4 Å². The van der Waals surface area contributed by atoms with Crippen molar-refractivity contribution in [1.82, 2.24) is 4.90 Å². The molecule has 1 fully saturated rings. The zero-order valence-electron chi connectivity index (χ0n) is 11.0. The summed E-state index contributed by atoms with van der Waals surface area (Å²) in [4.78, 5) is 4.06. The third-order valence-electron chi connectivity index (χ3n) is 4.05. The highest BCUT2D eigenvalue weighted by atomic mass is 32.2. The summed E-state index contributed by atoms with van der Waals surface area (Å²) < 4.78 is 0. The number of hydrogen-bond donors (Lipinski definition) is 1. The highest BCUT2D eigenvalue weighted by Gasteiger charge is 2.28. The van der Waals surface area contributed by atoms with Gasteiger partial charge in [-0.3, -0.25) is 0 Å². The molecule has 0 bridgehead atoms. The van der Waals surface area contributed by atoms with E-state index in [1.807, 2.05) is 11.8 Å². The molecule has 0 radical (unpaired) electrons. The summed E-state index contributed by atoms with van der Waals surface area (Å²) in [5.41, 5.74) is 7.69. The van der Waals surface area contributed by atoms with E-state index in [2.05, 4.69) is 36.1 Å². The smallest absolute Gasteiger partial charge is 0.0170 e. The van der Waals surface area contributed by atoms with Crippen molar-refractivity contribution >= 4 is 11.8 Å². The van der Waals surface area contributed by atoms with Crippen molar-refractivity contribution in [3.05, 3.63) is 29.8 Å². The van der Waals surface area contributed by atoms with Gasteiger partial charge in [-0.2, -0.15) is 0 Å². The second kappa shape index (κ2) is 5.24. The van der Waals surface area contributed by atoms with Crippen LogP contribution in [0.15, 0.2) is 29.2 Å². The molecule has 18 heavy (non-hydrogen) atoms. The van der Waals surface area contributed by atoms with Crippen molar-refractivity contribution < 1.29 is 0 Å². The van der Waals surface area contributed by atoms with Crippen LogP contribution in [-0.4, -0.2) is 36.3 Å². The Hall–Kier alpha value is -0.510. The maximum atomic E-state index is 6.14. The molecular weight excluding hydrogens is 240 g/mol. The molecule has 1 saturated heterocycles. The van der Waals surface area contributed by atoms with Crippen LogP contribution >= 0.6 is 11.8 Å². The highest BCUT2D eigenvalue weighted by Crippen LogP contribution is 2.39. The van der Waals surface area contributed by atoms with Gasteiger partial charge in [0.1, 0.15) is 0 Å². The third kappa shape index (κ3) is 2.58. The highest BCUT2D eigenvalue weighted by molar-refractivity contribution is 7.99. The van der Waals surface area contributed by atoms with Gasteiger partial charge in [0.15, 0.2) is 0 Å². The summed E-state index contributed by atoms with van der Waals surface area (Å²) >= 11 is 2.01. The van der Waals surface area contributed by atoms with Crippen molar-refractivity contribution in [3.8, 4) is 0 Å². The summed E-state index contributed by atoms with van der Waals surface area (Å²) in [5, 5.41) is 0. The van der Waals surface area contributed by atoms with Gasteiger partial charge in [0, 0.05) is 42.2 Å². The average Bonchev–Trinajstić information content (AvgIpc) is 2.72. The number of thioether (sulfide) groups is 1. The first-order valence-corrected chi connectivity index (χ1v) is 7.90. The van der Waals surface area contributed by atoms with Gasteiger partial charge in [-0.05, 0) is 24.0 Å². The Morgan fingerprint density at radius 1 is 1.33 bits per heavy atom. The second-order valence-electron chi connectivity index (χ2n) is 5.87. The number of benzene rings is 1. The van der Waals surface area contributed by atoms with Crippen LogP contribution in [0.4, 0.5) is 0 Å². The van der Waals surface area contributed by atoms with Crippen molar-refractivity contribution in [1.29, 1.82) is 0 Å². The summed E-state index contributed by atoms with van der Waals surface area (Å²) in [7, 11) is 0. The van der Waals surface area contributed by atoms with Crippen molar-refractivity contribution in [2.24, 2.45) is 11.7 Å². The summed E-state index contributed by atoms with van der Waals surface area (Å²) in [6, 6.07) is 9.24. The largest absolute Gasteiger partial charge is 0.327 e. The van der Waals surface area contributed by atoms with E-state index in [0.717, 1.165) is 12.5 Å². The first kappa shape index (κ1) is 12.5. The number of nitrogens with two attached hydrogens (primary N) is 1. The fourth-order valence-electron chi connectivity index (χ4n) is 3.35. The number of rotatable bonds is 2. The first-order valence-electron chi connectivity index (χ1n) is 6.92. The molecule has 1 aromatic rings. The SMILES string of the molecule is CC1CC(N)CN(CC2CSc3ccccc32)C1. The van der Waals surface area contributed by atoms with Gasteiger partial charge in [0.05, 0.1) is 0 Å². The van der Waals surface area contributed by atoms with Gasteiger partial charge < -0.3 is 10.6 Å². The number of fused-ring (bicyclic) bond motifs is 1. The zero-order chi connectivity index (χ0) is 12.5. The van der Waals surface area contributed by atoms with E-state index in [1.165, 1.54) is 30.2 Å². The van der Waals surface area contributed by atoms with Crippen LogP contribution in [0.3, 0.4) is 0 Å². The second-order valence-corrected chi connectivity index (χ2v) is 6.93. The monoisotopic (exact) mass is 262 g/mol. The van der Waals surface area contributed by atoms with E-state index in [1.54, 1.807) is 5.56 Å². The molecule has 3 heteroatoms. The fraction of sp³-hybridized carbons (Fsp3) is 0.600. The lowest BCUT2D eigenvalue weighted by Crippen LogP contribution is -2.47. The number of piperidine rings is 1. The van der Waals surface area contributed by atoms with Gasteiger partial charge in [-0.25, -0.2) is 0 Å². The average molecular weight is 262 g/mol. The summed E-state index contributed by atoms with van der Waals surface area (Å²) in [6.45, 7) is 5.80. The van der Waals surface area contributed by atoms with Crippen LogP contribution in [-0.2, 0) is 0 Å². The van der Waals surface area contributed by atoms with Gasteiger partial charge in [-0.1, -0.05) is 25.1 Å². The maximum Gasteiger partial charge on any atom is 0.0170 e. The lowest BCUT2D eigenvalue weighted by atomic mass is 9.94. The van der Waals surface area contributed by atoms with Crippen molar-refractivity contribution in [3.63, 3.8) is 0 Å². The Balaban J connectivity index is 1.67. The molecule has 3 atom stereocenters. The van der Waals surface area contributed by atoms with Crippen LogP contribution in [0.2, 0.25) is 0 Å². The van der Waals surface area contributed by atoms with Crippen LogP contribution in [0.5, 0.6) is 0 Å². The van der Waals surface area contributed by atoms with Crippen LogP contribution in [0.25, 0.3) is 0 Å². The molecule has 3 unspecified atom stereocenters. The van der Waals surface area contributed by atoms with Gasteiger partial charge in [0.25, 0.3) is 0 Å². The normalized spacial score (nSPS) is 32.4. The molecule has 0 aromatic heterocycles. The lowest BCUT2D eigenvalue weighted by molar-refractivity contribution is 0.159. The maximum absolute atomic E-state index is 6.14. The minimum atomic E-state index is 0.373. The van der Waals surface area contributed by atoms with E-state index < -0.39 is 0 Å². The predicted molar refractivity (Wildman–Crippen MR) is 78.1 cm³/mol. The number of likely N-dealkylation sites (tertiary alicyclic amines) is 1. The minimum Gasteiger partial charge on any atom is -0.327 e. The number of nitrogens with zero attached hydrogens (tertiary/aromatic N) is 1. The molecule has 0 saturated carbocycles. The molecule has 1 aromatic carbocycles. The van der Waals surface area contributed by atoms with E-state index in [9.17, 15) is 0 Å². The quantitative estimate of drug-likeness (QED) is 0.888. The van der Waals surface area contributed by atoms with Crippen LogP contribution < -0.4 is 5.73 Å². The molecule has 2 heterocycles. The Bertz CT molecular complexity index is 411. The van der Waals surface area contributed by atoms with Gasteiger partial charge in [0.2, 0.25) is 0 Å². The zero-order valence-corrected chi connectivity index (χ0v) is 11.8.